The van der Waals surface area contributed by atoms with E-state index in [1.807, 2.05) is 13.8 Å². The molecule has 33 nitrogen and oxygen atoms in total. The Kier molecular flexibility index (Phi) is 22.3. The Balaban J connectivity index is 1.24. The molecule has 536 valence electrons. The first-order valence-corrected chi connectivity index (χ1v) is 32.0. The first kappa shape index (κ1) is 73.5. The molecule has 11 bridgehead atoms. The molecule has 7 aliphatic rings. The molecule has 35 heteroatoms. The molecule has 2 fully saturated rings. The van der Waals surface area contributed by atoms with Crippen LogP contribution in [0, 0.1) is 5.92 Å². The number of carboxylic acid groups (broad SMARTS) is 1. The summed E-state index contributed by atoms with van der Waals surface area (Å²) in [6, 6.07) is -1.63. The second kappa shape index (κ2) is 30.3. The number of aliphatic carboxylic acids is 1. The zero-order valence-corrected chi connectivity index (χ0v) is 54.9. The smallest absolute Gasteiger partial charge is 0.330 e. The Labute approximate surface area is 577 Å². The number of rotatable bonds is 13. The van der Waals surface area contributed by atoms with Gasteiger partial charge in [-0.25, -0.2) is 4.79 Å². The average Bonchev–Trinajstić information content (AvgIpc) is 0.769. The fourth-order valence-corrected chi connectivity index (χ4v) is 12.7. The van der Waals surface area contributed by atoms with Crippen LogP contribution < -0.4 is 62.9 Å². The highest BCUT2D eigenvalue weighted by Gasteiger charge is 2.50. The van der Waals surface area contributed by atoms with Crippen LogP contribution in [0.5, 0.6) is 46.0 Å². The molecule has 5 aromatic rings. The van der Waals surface area contributed by atoms with E-state index < -0.39 is 238 Å². The van der Waals surface area contributed by atoms with Crippen molar-refractivity contribution in [2.75, 3.05) is 13.7 Å². The van der Waals surface area contributed by atoms with Crippen LogP contribution in [-0.4, -0.2) is 191 Å². The van der Waals surface area contributed by atoms with E-state index in [1.165, 1.54) is 26.1 Å². The molecule has 0 radical (unpaired) electrons. The molecular formula is C65H73Cl2N9O24. The van der Waals surface area contributed by atoms with Gasteiger partial charge in [0.15, 0.2) is 29.9 Å². The first-order valence-electron chi connectivity index (χ1n) is 31.3. The van der Waals surface area contributed by atoms with Gasteiger partial charge in [-0.15, -0.1) is 0 Å². The number of ether oxygens (including phenoxy) is 6. The Bertz CT molecular complexity index is 4010. The lowest BCUT2D eigenvalue weighted by Gasteiger charge is -2.44. The van der Waals surface area contributed by atoms with Crippen molar-refractivity contribution in [2.45, 2.75) is 150 Å². The first-order chi connectivity index (χ1) is 47.3. The second-order valence-electron chi connectivity index (χ2n) is 24.9. The zero-order valence-electron chi connectivity index (χ0n) is 53.4. The number of benzene rings is 5. The third kappa shape index (κ3) is 15.6. The van der Waals surface area contributed by atoms with Crippen LogP contribution in [0.15, 0.2) is 78.9 Å². The van der Waals surface area contributed by atoms with Gasteiger partial charge in [0.2, 0.25) is 53.4 Å². The third-order valence-corrected chi connectivity index (χ3v) is 18.0. The Morgan fingerprint density at radius 2 is 1.30 bits per heavy atom. The van der Waals surface area contributed by atoms with Gasteiger partial charge in [0, 0.05) is 35.2 Å². The van der Waals surface area contributed by atoms with E-state index in [1.54, 1.807) is 0 Å². The predicted molar refractivity (Wildman–Crippen MR) is 345 cm³/mol. The lowest BCUT2D eigenvalue weighted by atomic mass is 9.89. The van der Waals surface area contributed by atoms with Gasteiger partial charge < -0.3 is 128 Å². The SMILES string of the molecule is CN[C@H](CC(C)C)C(=O)N[C@H]1C(=O)N[C@@H](CC(N)=O)C(=O)N[C@H]2C(=O)NC3C(=O)N[C@H](C(=O)N[C@H](C(=O)O)c4cc(O)cc(O)c4-c4cc3ccc4O)[C@H](O)c3ccc(c(Cl)c3)Oc3cc2cc(c3OC2OC(CO)C(O)C(O)C2OC2CC(N)C(O)C(C)O2)Oc2ccc(cc2Cl)[C@H]1O. The number of aliphatic hydroxyl groups is 6. The monoisotopic (exact) mass is 1430 g/mol. The Morgan fingerprint density at radius 3 is 1.89 bits per heavy atom. The summed E-state index contributed by atoms with van der Waals surface area (Å²) in [5.74, 6) is -16.0. The molecule has 5 aromatic carbocycles. The second-order valence-corrected chi connectivity index (χ2v) is 25.8. The number of amides is 7. The van der Waals surface area contributed by atoms with Crippen LogP contribution in [0.25, 0.3) is 11.1 Å². The molecule has 7 heterocycles. The van der Waals surface area contributed by atoms with Crippen LogP contribution in [0.4, 0.5) is 0 Å². The van der Waals surface area contributed by atoms with Gasteiger partial charge in [-0.1, -0.05) is 55.2 Å². The number of carboxylic acids is 1. The minimum absolute atomic E-state index is 0.0963. The van der Waals surface area contributed by atoms with Crippen LogP contribution >= 0.6 is 23.2 Å². The molecular weight excluding hydrogens is 1360 g/mol. The largest absolute Gasteiger partial charge is 0.508 e. The molecule has 7 aliphatic heterocycles. The van der Waals surface area contributed by atoms with Gasteiger partial charge in [-0.05, 0) is 103 Å². The van der Waals surface area contributed by atoms with Crippen molar-refractivity contribution >= 4 is 70.5 Å². The number of phenols is 3. The fourth-order valence-electron chi connectivity index (χ4n) is 12.2. The van der Waals surface area contributed by atoms with Gasteiger partial charge in [0.05, 0.1) is 41.3 Å². The van der Waals surface area contributed by atoms with E-state index in [4.69, 9.17) is 63.1 Å². The lowest BCUT2D eigenvalue weighted by molar-refractivity contribution is -0.330. The van der Waals surface area contributed by atoms with E-state index in [-0.39, 0.29) is 46.2 Å². The maximum Gasteiger partial charge on any atom is 0.330 e. The van der Waals surface area contributed by atoms with Crippen molar-refractivity contribution in [1.29, 1.82) is 0 Å². The van der Waals surface area contributed by atoms with Crippen LogP contribution in [0.3, 0.4) is 0 Å². The Hall–Kier alpha value is -9.20. The number of fused-ring (bicyclic) bond motifs is 15. The number of primary amides is 1. The number of nitrogens with one attached hydrogen (secondary N) is 7. The van der Waals surface area contributed by atoms with Crippen molar-refractivity contribution in [3.05, 3.63) is 117 Å². The van der Waals surface area contributed by atoms with Crippen molar-refractivity contribution in [3.8, 4) is 57.1 Å². The highest BCUT2D eigenvalue weighted by Crippen LogP contribution is 2.50. The number of aromatic hydroxyl groups is 3. The van der Waals surface area contributed by atoms with Crippen LogP contribution in [0.1, 0.15) is 98.2 Å². The molecule has 0 spiro atoms. The summed E-state index contributed by atoms with van der Waals surface area (Å²) in [6.45, 7) is 4.15. The van der Waals surface area contributed by atoms with E-state index in [0.717, 1.165) is 66.7 Å². The summed E-state index contributed by atoms with van der Waals surface area (Å²) < 4.78 is 38.1. The summed E-state index contributed by atoms with van der Waals surface area (Å²) in [6.07, 6.45) is -18.3. The Morgan fingerprint density at radius 1 is 0.690 bits per heavy atom. The number of hydrogen-bond donors (Lipinski definition) is 19. The van der Waals surface area contributed by atoms with Crippen LogP contribution in [0.2, 0.25) is 10.0 Å². The molecule has 2 saturated heterocycles. The van der Waals surface area contributed by atoms with E-state index in [2.05, 4.69) is 37.2 Å². The van der Waals surface area contributed by atoms with Gasteiger partial charge in [-0.3, -0.25) is 33.6 Å². The standard InChI is InChI=1S/C65H73Cl2N9O24/c1-22(2)11-34(70-4)58(87)75-49-52(83)25-6-9-38(31(66)13-25)96-40-15-27-16-41(56(40)100-65-57(55(86)54(85)42(21-77)98-65)99-44-19-33(68)51(82)23(3)95-44)97-39-10-7-26(14-32(39)67)53(84)50-63(92)74-48(64(93)94)30-17-28(78)18-37(80)45(30)29-12-24(5-8-36(29)79)46(60(89)76-50)73-61(90)47(27)72-59(88)35(20-43(69)81)71-62(49)91/h5-10,12-18,22-23,33-35,42,44,46-55,57,65,70,77-80,82-86H,11,19-21,68H2,1-4H3,(H2,69,81)(H,71,91)(H,72,88)(H,73,90)(H,74,92)(H,75,87)(H,76,89)(H,93,94)/t23?,33?,34-,35+,42?,44?,46?,47-,48+,49-,50+,51?,52-,53-,54?,55?,57?,65?/m1/s1. The lowest BCUT2D eigenvalue weighted by Crippen LogP contribution is -2.62. The topological polar surface area (TPSA) is 530 Å². The summed E-state index contributed by atoms with van der Waals surface area (Å²) in [7, 11) is 1.47. The zero-order chi connectivity index (χ0) is 72.6. The fraction of sp³-hybridized carbons (Fsp3) is 0.415. The molecule has 7 amide bonds. The number of nitrogens with two attached hydrogens (primary N) is 2. The molecule has 0 saturated carbocycles. The van der Waals surface area contributed by atoms with Crippen LogP contribution in [-0.2, 0) is 52.6 Å². The number of hydrogen-bond acceptors (Lipinski definition) is 25. The van der Waals surface area contributed by atoms with Crippen molar-refractivity contribution in [1.82, 2.24) is 37.2 Å². The number of carbonyl (C=O) groups is 8. The van der Waals surface area contributed by atoms with Gasteiger partial charge >= 0.3 is 5.97 Å². The third-order valence-electron chi connectivity index (χ3n) is 17.4. The maximum atomic E-state index is 16.0. The van der Waals surface area contributed by atoms with Crippen molar-refractivity contribution in [2.24, 2.45) is 17.4 Å². The maximum absolute atomic E-state index is 16.0. The summed E-state index contributed by atoms with van der Waals surface area (Å²) in [4.78, 5) is 117. The summed E-state index contributed by atoms with van der Waals surface area (Å²) >= 11 is 14.1. The molecule has 18 atom stereocenters. The highest BCUT2D eigenvalue weighted by atomic mass is 35.5. The quantitative estimate of drug-likeness (QED) is 0.0720. The molecule has 0 aliphatic carbocycles. The van der Waals surface area contributed by atoms with E-state index in [9.17, 15) is 75.0 Å². The van der Waals surface area contributed by atoms with E-state index >= 15 is 14.4 Å². The van der Waals surface area contributed by atoms with Gasteiger partial charge in [0.25, 0.3) is 0 Å². The van der Waals surface area contributed by atoms with Crippen molar-refractivity contribution in [3.63, 3.8) is 0 Å². The normalized spacial score (nSPS) is 28.9. The molecule has 12 rings (SSSR count). The number of likely N-dealkylation sites (N-methyl/N-ethyl adjacent to an activating group) is 1. The van der Waals surface area contributed by atoms with Gasteiger partial charge in [-0.2, -0.15) is 0 Å². The molecule has 0 aromatic heterocycles. The predicted octanol–water partition coefficient (Wildman–Crippen LogP) is -0.284. The minimum Gasteiger partial charge on any atom is -0.508 e. The van der Waals surface area contributed by atoms with Crippen molar-refractivity contribution < 1.29 is 118 Å². The number of halogens is 2. The summed E-state index contributed by atoms with van der Waals surface area (Å²) in [5, 5.41) is 130. The molecule has 10 unspecified atom stereocenters. The number of phenolic OH excluding ortho intramolecular Hbond substituents is 3. The number of carbonyl (C=O) groups excluding carboxylic acids is 7. The molecule has 21 N–H and O–H groups in total. The number of aliphatic hydroxyl groups excluding tert-OH is 6. The average molecular weight is 1440 g/mol. The molecule has 100 heavy (non-hydrogen) atoms. The van der Waals surface area contributed by atoms with E-state index in [0.29, 0.717) is 0 Å². The summed E-state index contributed by atoms with van der Waals surface area (Å²) in [5.41, 5.74) is 9.15. The van der Waals surface area contributed by atoms with Gasteiger partial charge in [0.1, 0.15) is 89.5 Å². The highest BCUT2D eigenvalue weighted by molar-refractivity contribution is 6.32. The minimum atomic E-state index is -2.34.